The molecule has 0 saturated carbocycles. The maximum Gasteiger partial charge on any atom is 0.0725 e. The standard InChI is InChI=1S/C50H37N/c1-7-21-37(22-8-1)49(38-23-9-2-10-24-38,39-25-11-3-12-26-39)45-36-35-44-43-33-19-20-34-46(43)51-48(44)47(45)50(40-27-13-4-14-28-40,41-29-15-5-16-30-41)42-31-17-6-18-32-42/h1-36,51H. The number of aromatic nitrogens is 1. The molecule has 0 aliphatic heterocycles. The summed E-state index contributed by atoms with van der Waals surface area (Å²) in [5, 5.41) is 2.42. The van der Waals surface area contributed by atoms with E-state index in [-0.39, 0.29) is 0 Å². The zero-order valence-corrected chi connectivity index (χ0v) is 28.3. The Bertz CT molecular complexity index is 2340. The Labute approximate surface area is 299 Å². The minimum atomic E-state index is -0.719. The molecule has 0 radical (unpaired) electrons. The van der Waals surface area contributed by atoms with Crippen molar-refractivity contribution in [3.8, 4) is 0 Å². The summed E-state index contributed by atoms with van der Waals surface area (Å²) < 4.78 is 0. The van der Waals surface area contributed by atoms with Crippen LogP contribution in [0.2, 0.25) is 0 Å². The van der Waals surface area contributed by atoms with Crippen LogP contribution in [0.25, 0.3) is 21.8 Å². The summed E-state index contributed by atoms with van der Waals surface area (Å²) >= 11 is 0. The first-order valence-electron chi connectivity index (χ1n) is 17.7. The van der Waals surface area contributed by atoms with Crippen LogP contribution in [0.1, 0.15) is 44.5 Å². The molecule has 1 nitrogen and oxygen atoms in total. The van der Waals surface area contributed by atoms with E-state index in [1.807, 2.05) is 0 Å². The molecule has 1 heteroatoms. The number of para-hydroxylation sites is 1. The fourth-order valence-electron chi connectivity index (χ4n) is 8.65. The molecule has 9 rings (SSSR count). The van der Waals surface area contributed by atoms with Gasteiger partial charge in [-0.2, -0.15) is 0 Å². The summed E-state index contributed by atoms with van der Waals surface area (Å²) in [6.45, 7) is 0. The van der Waals surface area contributed by atoms with Crippen molar-refractivity contribution in [2.75, 3.05) is 0 Å². The van der Waals surface area contributed by atoms with E-state index in [4.69, 9.17) is 0 Å². The van der Waals surface area contributed by atoms with Gasteiger partial charge in [-0.05, 0) is 45.0 Å². The fraction of sp³-hybridized carbons (Fsp3) is 0.0400. The number of fused-ring (bicyclic) bond motifs is 3. The quantitative estimate of drug-likeness (QED) is 0.157. The summed E-state index contributed by atoms with van der Waals surface area (Å²) in [5.41, 5.74) is 10.6. The smallest absolute Gasteiger partial charge is 0.0725 e. The molecular formula is C50H37N. The predicted octanol–water partition coefficient (Wildman–Crippen LogP) is 12.1. The van der Waals surface area contributed by atoms with E-state index < -0.39 is 10.8 Å². The van der Waals surface area contributed by atoms with Gasteiger partial charge in [-0.15, -0.1) is 0 Å². The van der Waals surface area contributed by atoms with Gasteiger partial charge in [-0.3, -0.25) is 0 Å². The van der Waals surface area contributed by atoms with Crippen LogP contribution >= 0.6 is 0 Å². The average molecular weight is 652 g/mol. The molecule has 0 spiro atoms. The number of nitrogens with one attached hydrogen (secondary N) is 1. The van der Waals surface area contributed by atoms with Gasteiger partial charge in [-0.25, -0.2) is 0 Å². The fourth-order valence-corrected chi connectivity index (χ4v) is 8.65. The summed E-state index contributed by atoms with van der Waals surface area (Å²) in [4.78, 5) is 4.03. The first-order chi connectivity index (χ1) is 25.3. The third-order valence-electron chi connectivity index (χ3n) is 10.7. The van der Waals surface area contributed by atoms with Crippen molar-refractivity contribution in [2.45, 2.75) is 10.8 Å². The maximum absolute atomic E-state index is 4.03. The minimum Gasteiger partial charge on any atom is -0.354 e. The monoisotopic (exact) mass is 651 g/mol. The lowest BCUT2D eigenvalue weighted by Crippen LogP contribution is -2.38. The highest BCUT2D eigenvalue weighted by atomic mass is 14.7. The lowest BCUT2D eigenvalue weighted by molar-refractivity contribution is 0.682. The van der Waals surface area contributed by atoms with Crippen LogP contribution in [0.3, 0.4) is 0 Å². The van der Waals surface area contributed by atoms with Crippen molar-refractivity contribution in [1.82, 2.24) is 4.98 Å². The molecule has 51 heavy (non-hydrogen) atoms. The molecular weight excluding hydrogens is 615 g/mol. The van der Waals surface area contributed by atoms with Crippen LogP contribution in [0.15, 0.2) is 218 Å². The normalized spacial score (nSPS) is 11.9. The van der Waals surface area contributed by atoms with E-state index in [1.54, 1.807) is 0 Å². The van der Waals surface area contributed by atoms with E-state index in [9.17, 15) is 0 Å². The number of hydrogen-bond donors (Lipinski definition) is 1. The van der Waals surface area contributed by atoms with E-state index >= 15 is 0 Å². The van der Waals surface area contributed by atoms with Gasteiger partial charge in [0.1, 0.15) is 0 Å². The first-order valence-corrected chi connectivity index (χ1v) is 17.7. The first kappa shape index (κ1) is 30.6. The van der Waals surface area contributed by atoms with E-state index in [0.29, 0.717) is 0 Å². The molecule has 0 bridgehead atoms. The Hall–Kier alpha value is -6.44. The van der Waals surface area contributed by atoms with Gasteiger partial charge in [-0.1, -0.05) is 212 Å². The van der Waals surface area contributed by atoms with Gasteiger partial charge in [0, 0.05) is 21.9 Å². The van der Waals surface area contributed by atoms with Crippen LogP contribution < -0.4 is 0 Å². The number of aromatic amines is 1. The highest BCUT2D eigenvalue weighted by Gasteiger charge is 2.48. The van der Waals surface area contributed by atoms with Crippen molar-refractivity contribution in [3.63, 3.8) is 0 Å². The Morgan fingerprint density at radius 2 is 0.608 bits per heavy atom. The molecule has 0 unspecified atom stereocenters. The highest BCUT2D eigenvalue weighted by molar-refractivity contribution is 6.09. The largest absolute Gasteiger partial charge is 0.354 e. The van der Waals surface area contributed by atoms with Crippen LogP contribution in [-0.4, -0.2) is 4.98 Å². The zero-order chi connectivity index (χ0) is 34.1. The van der Waals surface area contributed by atoms with E-state index in [0.717, 1.165) is 11.0 Å². The number of benzene rings is 8. The van der Waals surface area contributed by atoms with Crippen LogP contribution in [0, 0.1) is 0 Å². The summed E-state index contributed by atoms with van der Waals surface area (Å²) in [7, 11) is 0. The van der Waals surface area contributed by atoms with E-state index in [1.165, 1.54) is 55.3 Å². The Morgan fingerprint density at radius 1 is 0.275 bits per heavy atom. The third kappa shape index (κ3) is 4.77. The summed E-state index contributed by atoms with van der Waals surface area (Å²) in [6.07, 6.45) is 0. The van der Waals surface area contributed by atoms with E-state index in [2.05, 4.69) is 223 Å². The van der Waals surface area contributed by atoms with Gasteiger partial charge in [0.2, 0.25) is 0 Å². The maximum atomic E-state index is 4.03. The molecule has 0 aliphatic carbocycles. The second kappa shape index (κ2) is 12.8. The van der Waals surface area contributed by atoms with Gasteiger partial charge < -0.3 is 4.98 Å². The molecule has 0 saturated heterocycles. The molecule has 8 aromatic carbocycles. The van der Waals surface area contributed by atoms with Crippen LogP contribution in [0.5, 0.6) is 0 Å². The number of H-pyrrole nitrogens is 1. The SMILES string of the molecule is c1ccc(C(c2ccccc2)(c2ccccc2)c2ccc3c([nH]c4ccccc43)c2C(c2ccccc2)(c2ccccc2)c2ccccc2)cc1. The second-order valence-electron chi connectivity index (χ2n) is 13.3. The van der Waals surface area contributed by atoms with Crippen LogP contribution in [-0.2, 0) is 10.8 Å². The molecule has 242 valence electrons. The second-order valence-corrected chi connectivity index (χ2v) is 13.3. The van der Waals surface area contributed by atoms with Crippen molar-refractivity contribution in [2.24, 2.45) is 0 Å². The lowest BCUT2D eigenvalue weighted by atomic mass is 9.57. The van der Waals surface area contributed by atoms with Gasteiger partial charge in [0.15, 0.2) is 0 Å². The lowest BCUT2D eigenvalue weighted by Gasteiger charge is -2.44. The van der Waals surface area contributed by atoms with Crippen molar-refractivity contribution >= 4 is 21.8 Å². The molecule has 0 atom stereocenters. The Kier molecular flexibility index (Phi) is 7.67. The molecule has 1 N–H and O–H groups in total. The summed E-state index contributed by atoms with van der Waals surface area (Å²) in [5.74, 6) is 0. The van der Waals surface area contributed by atoms with Gasteiger partial charge >= 0.3 is 0 Å². The van der Waals surface area contributed by atoms with Crippen molar-refractivity contribution in [1.29, 1.82) is 0 Å². The van der Waals surface area contributed by atoms with Gasteiger partial charge in [0.05, 0.1) is 16.3 Å². The Morgan fingerprint density at radius 3 is 1.00 bits per heavy atom. The highest BCUT2D eigenvalue weighted by Crippen LogP contribution is 2.55. The molecule has 1 aromatic heterocycles. The van der Waals surface area contributed by atoms with Crippen molar-refractivity contribution < 1.29 is 0 Å². The van der Waals surface area contributed by atoms with Crippen LogP contribution in [0.4, 0.5) is 0 Å². The molecule has 0 aliphatic rings. The molecule has 0 fully saturated rings. The molecule has 1 heterocycles. The third-order valence-corrected chi connectivity index (χ3v) is 10.7. The number of hydrogen-bond acceptors (Lipinski definition) is 0. The topological polar surface area (TPSA) is 15.8 Å². The van der Waals surface area contributed by atoms with Crippen molar-refractivity contribution in [3.05, 3.63) is 263 Å². The molecule has 9 aromatic rings. The average Bonchev–Trinajstić information content (AvgIpc) is 3.60. The number of rotatable bonds is 8. The summed E-state index contributed by atoms with van der Waals surface area (Å²) in [6, 6.07) is 80.0. The minimum absolute atomic E-state index is 0.686. The zero-order valence-electron chi connectivity index (χ0n) is 28.3. The van der Waals surface area contributed by atoms with Gasteiger partial charge in [0.25, 0.3) is 0 Å². The predicted molar refractivity (Wildman–Crippen MR) is 212 cm³/mol. The Balaban J connectivity index is 1.59. The molecule has 0 amide bonds.